The van der Waals surface area contributed by atoms with E-state index >= 15 is 0 Å². The molecule has 2 unspecified atom stereocenters. The summed E-state index contributed by atoms with van der Waals surface area (Å²) in [6, 6.07) is 10.3. The number of amides is 1. The highest BCUT2D eigenvalue weighted by atomic mass is 19.1. The number of carbonyl (C=O) groups is 2. The van der Waals surface area contributed by atoms with Crippen LogP contribution in [0.4, 0.5) is 4.39 Å². The van der Waals surface area contributed by atoms with Crippen LogP contribution < -0.4 is 10.1 Å². The molecule has 0 fully saturated rings. The average Bonchev–Trinajstić information content (AvgIpc) is 2.61. The summed E-state index contributed by atoms with van der Waals surface area (Å²) in [5, 5.41) is 11.9. The smallest absolute Gasteiger partial charge is 0.330 e. The first-order valence-electron chi connectivity index (χ1n) is 8.24. The molecule has 138 valence electrons. The van der Waals surface area contributed by atoms with E-state index in [-0.39, 0.29) is 11.3 Å². The summed E-state index contributed by atoms with van der Waals surface area (Å²) in [4.78, 5) is 24.0. The Morgan fingerprint density at radius 3 is 2.38 bits per heavy atom. The molecule has 0 heterocycles. The van der Waals surface area contributed by atoms with Gasteiger partial charge in [0.2, 0.25) is 5.91 Å². The van der Waals surface area contributed by atoms with E-state index in [0.29, 0.717) is 6.42 Å². The van der Waals surface area contributed by atoms with Gasteiger partial charge in [0, 0.05) is 5.92 Å². The van der Waals surface area contributed by atoms with Crippen molar-refractivity contribution in [3.8, 4) is 5.75 Å². The van der Waals surface area contributed by atoms with E-state index in [4.69, 9.17) is 4.74 Å². The van der Waals surface area contributed by atoms with Crippen LogP contribution in [0.2, 0.25) is 0 Å². The Kier molecular flexibility index (Phi) is 6.33. The van der Waals surface area contributed by atoms with Gasteiger partial charge in [0.05, 0.1) is 7.11 Å². The molecule has 26 heavy (non-hydrogen) atoms. The van der Waals surface area contributed by atoms with Crippen molar-refractivity contribution in [1.29, 1.82) is 0 Å². The third kappa shape index (κ3) is 4.81. The van der Waals surface area contributed by atoms with Crippen molar-refractivity contribution in [3.05, 3.63) is 65.0 Å². The van der Waals surface area contributed by atoms with Crippen molar-refractivity contribution in [2.24, 2.45) is 5.92 Å². The van der Waals surface area contributed by atoms with E-state index < -0.39 is 29.7 Å². The van der Waals surface area contributed by atoms with E-state index in [2.05, 4.69) is 5.32 Å². The SMILES string of the molecule is COc1ccc(C(NC(=O)C(C)Cc2ccc(C)cc2)C(=O)O)cc1F. The van der Waals surface area contributed by atoms with Crippen LogP contribution in [0.5, 0.6) is 5.75 Å². The Labute approximate surface area is 151 Å². The molecule has 0 bridgehead atoms. The van der Waals surface area contributed by atoms with Crippen molar-refractivity contribution in [1.82, 2.24) is 5.32 Å². The van der Waals surface area contributed by atoms with Crippen LogP contribution in [0, 0.1) is 18.7 Å². The number of ether oxygens (including phenoxy) is 1. The summed E-state index contributed by atoms with van der Waals surface area (Å²) in [6.45, 7) is 3.70. The van der Waals surface area contributed by atoms with Gasteiger partial charge in [-0.15, -0.1) is 0 Å². The zero-order chi connectivity index (χ0) is 19.3. The predicted molar refractivity (Wildman–Crippen MR) is 95.5 cm³/mol. The standard InChI is InChI=1S/C20H22FNO4/c1-12-4-6-14(7-5-12)10-13(2)19(23)22-18(20(24)25)15-8-9-17(26-3)16(21)11-15/h4-9,11,13,18H,10H2,1-3H3,(H,22,23)(H,24,25). The number of carboxylic acid groups (broad SMARTS) is 1. The van der Waals surface area contributed by atoms with E-state index in [0.717, 1.165) is 17.2 Å². The van der Waals surface area contributed by atoms with E-state index in [1.807, 2.05) is 31.2 Å². The lowest BCUT2D eigenvalue weighted by atomic mass is 9.98. The van der Waals surface area contributed by atoms with Gasteiger partial charge in [-0.05, 0) is 36.6 Å². The van der Waals surface area contributed by atoms with Gasteiger partial charge in [-0.1, -0.05) is 42.8 Å². The normalized spacial score (nSPS) is 12.9. The van der Waals surface area contributed by atoms with Gasteiger partial charge < -0.3 is 15.2 Å². The number of methoxy groups -OCH3 is 1. The van der Waals surface area contributed by atoms with Crippen LogP contribution in [0.3, 0.4) is 0 Å². The summed E-state index contributed by atoms with van der Waals surface area (Å²) >= 11 is 0. The van der Waals surface area contributed by atoms with E-state index in [1.54, 1.807) is 6.92 Å². The van der Waals surface area contributed by atoms with Gasteiger partial charge in [-0.2, -0.15) is 0 Å². The van der Waals surface area contributed by atoms with Crippen molar-refractivity contribution in [2.75, 3.05) is 7.11 Å². The molecular formula is C20H22FNO4. The maximum atomic E-state index is 13.9. The molecule has 0 aliphatic heterocycles. The average molecular weight is 359 g/mol. The number of carbonyl (C=O) groups excluding carboxylic acids is 1. The fourth-order valence-electron chi connectivity index (χ4n) is 2.60. The monoisotopic (exact) mass is 359 g/mol. The lowest BCUT2D eigenvalue weighted by molar-refractivity contribution is -0.142. The minimum Gasteiger partial charge on any atom is -0.494 e. The van der Waals surface area contributed by atoms with Crippen LogP contribution in [-0.4, -0.2) is 24.1 Å². The highest BCUT2D eigenvalue weighted by Gasteiger charge is 2.25. The Morgan fingerprint density at radius 1 is 1.19 bits per heavy atom. The van der Waals surface area contributed by atoms with Gasteiger partial charge in [0.15, 0.2) is 17.6 Å². The van der Waals surface area contributed by atoms with Gasteiger partial charge in [-0.25, -0.2) is 9.18 Å². The number of hydrogen-bond donors (Lipinski definition) is 2. The Hall–Kier alpha value is -2.89. The minimum absolute atomic E-state index is 0.0111. The fourth-order valence-corrected chi connectivity index (χ4v) is 2.60. The molecule has 1 amide bonds. The molecule has 5 nitrogen and oxygen atoms in total. The third-order valence-electron chi connectivity index (χ3n) is 4.15. The Bertz CT molecular complexity index is 789. The minimum atomic E-state index is -1.33. The highest BCUT2D eigenvalue weighted by Crippen LogP contribution is 2.23. The van der Waals surface area contributed by atoms with Crippen LogP contribution in [0.1, 0.15) is 29.7 Å². The molecule has 0 aliphatic rings. The molecule has 2 rings (SSSR count). The maximum Gasteiger partial charge on any atom is 0.330 e. The lowest BCUT2D eigenvalue weighted by Crippen LogP contribution is -2.37. The van der Waals surface area contributed by atoms with E-state index in [1.165, 1.54) is 19.2 Å². The van der Waals surface area contributed by atoms with Gasteiger partial charge in [0.25, 0.3) is 0 Å². The predicted octanol–water partition coefficient (Wildman–Crippen LogP) is 3.26. The molecule has 0 spiro atoms. The molecular weight excluding hydrogens is 337 g/mol. The fraction of sp³-hybridized carbons (Fsp3) is 0.300. The topological polar surface area (TPSA) is 75.6 Å². The zero-order valence-corrected chi connectivity index (χ0v) is 15.0. The molecule has 2 atom stereocenters. The quantitative estimate of drug-likeness (QED) is 0.796. The molecule has 0 aromatic heterocycles. The summed E-state index contributed by atoms with van der Waals surface area (Å²) < 4.78 is 18.7. The van der Waals surface area contributed by atoms with Crippen molar-refractivity contribution in [2.45, 2.75) is 26.3 Å². The molecule has 0 saturated heterocycles. The first-order valence-corrected chi connectivity index (χ1v) is 8.24. The van der Waals surface area contributed by atoms with E-state index in [9.17, 15) is 19.1 Å². The number of hydrogen-bond acceptors (Lipinski definition) is 3. The second-order valence-electron chi connectivity index (χ2n) is 6.26. The molecule has 0 radical (unpaired) electrons. The van der Waals surface area contributed by atoms with Gasteiger partial charge in [-0.3, -0.25) is 4.79 Å². The van der Waals surface area contributed by atoms with Crippen molar-refractivity contribution >= 4 is 11.9 Å². The third-order valence-corrected chi connectivity index (χ3v) is 4.15. The van der Waals surface area contributed by atoms with Gasteiger partial charge >= 0.3 is 5.97 Å². The summed E-state index contributed by atoms with van der Waals surface area (Å²) in [5.74, 6) is -2.77. The Morgan fingerprint density at radius 2 is 1.85 bits per heavy atom. The number of rotatable bonds is 7. The van der Waals surface area contributed by atoms with Crippen LogP contribution in [0.25, 0.3) is 0 Å². The second kappa shape index (κ2) is 8.47. The second-order valence-corrected chi connectivity index (χ2v) is 6.26. The highest BCUT2D eigenvalue weighted by molar-refractivity contribution is 5.85. The van der Waals surface area contributed by atoms with Crippen LogP contribution >= 0.6 is 0 Å². The number of carboxylic acids is 1. The van der Waals surface area contributed by atoms with Crippen LogP contribution in [-0.2, 0) is 16.0 Å². The molecule has 6 heteroatoms. The molecule has 2 aromatic rings. The van der Waals surface area contributed by atoms with Crippen molar-refractivity contribution < 1.29 is 23.8 Å². The Balaban J connectivity index is 2.11. The summed E-state index contributed by atoms with van der Waals surface area (Å²) in [5.41, 5.74) is 2.26. The zero-order valence-electron chi connectivity index (χ0n) is 15.0. The van der Waals surface area contributed by atoms with Gasteiger partial charge in [0.1, 0.15) is 0 Å². The number of benzene rings is 2. The summed E-state index contributed by atoms with van der Waals surface area (Å²) in [7, 11) is 1.32. The molecule has 2 aromatic carbocycles. The number of aryl methyl sites for hydroxylation is 1. The number of aliphatic carboxylic acids is 1. The lowest BCUT2D eigenvalue weighted by Gasteiger charge is -2.19. The first kappa shape index (κ1) is 19.4. The number of nitrogens with one attached hydrogen (secondary N) is 1. The maximum absolute atomic E-state index is 13.9. The van der Waals surface area contributed by atoms with Crippen LogP contribution in [0.15, 0.2) is 42.5 Å². The molecule has 0 saturated carbocycles. The number of halogens is 1. The summed E-state index contributed by atoms with van der Waals surface area (Å²) in [6.07, 6.45) is 0.482. The van der Waals surface area contributed by atoms with Crippen molar-refractivity contribution in [3.63, 3.8) is 0 Å². The largest absolute Gasteiger partial charge is 0.494 e. The first-order chi connectivity index (χ1) is 12.3. The molecule has 0 aliphatic carbocycles. The molecule has 2 N–H and O–H groups in total.